The number of halogens is 1. The lowest BCUT2D eigenvalue weighted by molar-refractivity contribution is -0.670. The molecule has 72 valence electrons. The summed E-state index contributed by atoms with van der Waals surface area (Å²) in [5.74, 6) is 0. The van der Waals surface area contributed by atoms with Gasteiger partial charge in [0, 0.05) is 0 Å². The minimum absolute atomic E-state index is 0.337. The van der Waals surface area contributed by atoms with E-state index in [0.29, 0.717) is 16.5 Å². The summed E-state index contributed by atoms with van der Waals surface area (Å²) in [6.07, 6.45) is 1.23. The van der Waals surface area contributed by atoms with E-state index in [1.807, 2.05) is 30.3 Å². The number of nitrogens with zero attached hydrogens (tertiary/aromatic N) is 3. The summed E-state index contributed by atoms with van der Waals surface area (Å²) in [5.41, 5.74) is 1.05. The molecule has 0 aliphatic heterocycles. The quantitative estimate of drug-likeness (QED) is 0.552. The van der Waals surface area contributed by atoms with E-state index in [4.69, 9.17) is 11.6 Å². The molecule has 4 nitrogen and oxygen atoms in total. The van der Waals surface area contributed by atoms with E-state index in [-0.39, 0.29) is 0 Å². The zero-order chi connectivity index (χ0) is 9.97. The molecule has 2 rings (SSSR count). The first kappa shape index (κ1) is 9.02. The summed E-state index contributed by atoms with van der Waals surface area (Å²) in [6, 6.07) is 9.69. The fourth-order valence-corrected chi connectivity index (χ4v) is 1.37. The summed E-state index contributed by atoms with van der Waals surface area (Å²) in [6.45, 7) is 0.509. The first-order valence-electron chi connectivity index (χ1n) is 4.12. The van der Waals surface area contributed by atoms with Crippen LogP contribution < -0.4 is 4.85 Å². The number of hydrogen-bond donors (Lipinski definition) is 0. The van der Waals surface area contributed by atoms with Gasteiger partial charge >= 0.3 is 0 Å². The molecule has 0 N–H and O–H groups in total. The van der Waals surface area contributed by atoms with Crippen LogP contribution in [0.1, 0.15) is 5.56 Å². The average Bonchev–Trinajstić information content (AvgIpc) is 2.47. The van der Waals surface area contributed by atoms with Crippen molar-refractivity contribution in [2.24, 2.45) is 0 Å². The monoisotopic (exact) mass is 209 g/mol. The van der Waals surface area contributed by atoms with Crippen LogP contribution in [-0.4, -0.2) is 9.90 Å². The van der Waals surface area contributed by atoms with Gasteiger partial charge in [-0.3, -0.25) is 0 Å². The van der Waals surface area contributed by atoms with Crippen LogP contribution in [0, 0.1) is 5.21 Å². The number of hydrogen-bond acceptors (Lipinski definition) is 2. The van der Waals surface area contributed by atoms with Gasteiger partial charge in [-0.25, -0.2) is 0 Å². The van der Waals surface area contributed by atoms with Crippen LogP contribution in [0.4, 0.5) is 0 Å². The fraction of sp³-hybridized carbons (Fsp3) is 0.111. The molecule has 2 aromatic rings. The Morgan fingerprint density at radius 1 is 1.36 bits per heavy atom. The Morgan fingerprint density at radius 3 is 2.64 bits per heavy atom. The molecule has 0 bridgehead atoms. The third-order valence-corrected chi connectivity index (χ3v) is 2.13. The minimum atomic E-state index is 0.337. The summed E-state index contributed by atoms with van der Waals surface area (Å²) in [4.78, 5) is 0.450. The van der Waals surface area contributed by atoms with Crippen LogP contribution in [0.5, 0.6) is 0 Å². The molecule has 0 atom stereocenters. The summed E-state index contributed by atoms with van der Waals surface area (Å²) in [7, 11) is 0. The molecule has 1 aromatic carbocycles. The third kappa shape index (κ3) is 1.85. The zero-order valence-corrected chi connectivity index (χ0v) is 8.05. The smallest absolute Gasteiger partial charge is 0.258 e. The molecule has 1 aromatic heterocycles. The lowest BCUT2D eigenvalue weighted by atomic mass is 10.2. The van der Waals surface area contributed by atoms with Crippen molar-refractivity contribution in [3.63, 3.8) is 0 Å². The van der Waals surface area contributed by atoms with E-state index in [9.17, 15) is 5.21 Å². The maximum Gasteiger partial charge on any atom is 0.258 e. The van der Waals surface area contributed by atoms with Gasteiger partial charge in [0.15, 0.2) is 6.20 Å². The second-order valence-electron chi connectivity index (χ2n) is 2.89. The van der Waals surface area contributed by atoms with E-state index in [2.05, 4.69) is 5.21 Å². The Bertz CT molecular complexity index is 427. The first-order valence-corrected chi connectivity index (χ1v) is 4.50. The molecule has 0 aliphatic carbocycles. The van der Waals surface area contributed by atoms with Gasteiger partial charge in [-0.05, 0) is 17.2 Å². The standard InChI is InChI=1S/C9H8ClN3O/c10-9-7-13(14)11-12(9)6-8-4-2-1-3-5-8/h1-5,7H,6H2. The van der Waals surface area contributed by atoms with Crippen LogP contribution >= 0.6 is 11.6 Å². The maximum absolute atomic E-state index is 10.8. The number of aromatic nitrogens is 3. The number of benzene rings is 1. The topological polar surface area (TPSA) is 44.8 Å². The Morgan fingerprint density at radius 2 is 2.07 bits per heavy atom. The lowest BCUT2D eigenvalue weighted by Crippen LogP contribution is -2.28. The van der Waals surface area contributed by atoms with Crippen molar-refractivity contribution in [2.45, 2.75) is 6.54 Å². The molecule has 1 heterocycles. The molecule has 0 radical (unpaired) electrons. The number of rotatable bonds is 2. The molecular weight excluding hydrogens is 202 g/mol. The Hall–Kier alpha value is -1.55. The van der Waals surface area contributed by atoms with Crippen LogP contribution in [0.2, 0.25) is 5.15 Å². The molecule has 14 heavy (non-hydrogen) atoms. The van der Waals surface area contributed by atoms with Crippen molar-refractivity contribution in [3.8, 4) is 0 Å². The molecule has 0 aliphatic rings. The second kappa shape index (κ2) is 3.67. The Labute approximate surface area is 85.9 Å². The van der Waals surface area contributed by atoms with Gasteiger partial charge in [0.1, 0.15) is 6.54 Å². The summed E-state index contributed by atoms with van der Waals surface area (Å²) < 4.78 is 1.45. The van der Waals surface area contributed by atoms with E-state index in [1.54, 1.807) is 0 Å². The van der Waals surface area contributed by atoms with Crippen LogP contribution in [0.25, 0.3) is 0 Å². The van der Waals surface area contributed by atoms with Crippen LogP contribution in [-0.2, 0) is 6.54 Å². The van der Waals surface area contributed by atoms with Gasteiger partial charge in [-0.15, -0.1) is 9.53 Å². The average molecular weight is 210 g/mol. The van der Waals surface area contributed by atoms with Crippen molar-refractivity contribution in [1.29, 1.82) is 0 Å². The van der Waals surface area contributed by atoms with Gasteiger partial charge in [0.25, 0.3) is 5.15 Å². The minimum Gasteiger partial charge on any atom is -0.691 e. The highest BCUT2D eigenvalue weighted by atomic mass is 35.5. The van der Waals surface area contributed by atoms with Gasteiger partial charge < -0.3 is 5.21 Å². The van der Waals surface area contributed by atoms with Gasteiger partial charge in [0.05, 0.1) is 5.21 Å². The highest BCUT2D eigenvalue weighted by molar-refractivity contribution is 6.29. The van der Waals surface area contributed by atoms with Crippen molar-refractivity contribution < 1.29 is 4.85 Å². The van der Waals surface area contributed by atoms with Crippen molar-refractivity contribution in [1.82, 2.24) is 9.90 Å². The van der Waals surface area contributed by atoms with E-state index >= 15 is 0 Å². The molecule has 0 saturated carbocycles. The third-order valence-electron chi connectivity index (χ3n) is 1.83. The zero-order valence-electron chi connectivity index (χ0n) is 7.30. The van der Waals surface area contributed by atoms with E-state index in [1.165, 1.54) is 10.9 Å². The van der Waals surface area contributed by atoms with Crippen LogP contribution in [0.15, 0.2) is 36.5 Å². The normalized spacial score (nSPS) is 10.4. The predicted molar refractivity (Wildman–Crippen MR) is 51.7 cm³/mol. The van der Waals surface area contributed by atoms with Crippen molar-refractivity contribution in [3.05, 3.63) is 52.5 Å². The van der Waals surface area contributed by atoms with Crippen molar-refractivity contribution in [2.75, 3.05) is 0 Å². The highest BCUT2D eigenvalue weighted by Gasteiger charge is 2.09. The summed E-state index contributed by atoms with van der Waals surface area (Å²) in [5, 5.41) is 14.8. The van der Waals surface area contributed by atoms with Crippen molar-refractivity contribution >= 4 is 11.6 Å². The predicted octanol–water partition coefficient (Wildman–Crippen LogP) is 1.22. The maximum atomic E-state index is 10.8. The van der Waals surface area contributed by atoms with Gasteiger partial charge in [0.2, 0.25) is 0 Å². The van der Waals surface area contributed by atoms with E-state index in [0.717, 1.165) is 5.56 Å². The molecule has 5 heteroatoms. The SMILES string of the molecule is [O-][n+]1cc(Cl)n(Cc2ccccc2)n1. The molecule has 0 amide bonds. The molecule has 0 spiro atoms. The fourth-order valence-electron chi connectivity index (χ4n) is 1.20. The van der Waals surface area contributed by atoms with E-state index < -0.39 is 0 Å². The Kier molecular flexibility index (Phi) is 2.37. The van der Waals surface area contributed by atoms with Gasteiger partial charge in [-0.2, -0.15) is 0 Å². The lowest BCUT2D eigenvalue weighted by Gasteiger charge is -1.95. The molecule has 0 saturated heterocycles. The second-order valence-corrected chi connectivity index (χ2v) is 3.27. The first-order chi connectivity index (χ1) is 6.75. The van der Waals surface area contributed by atoms with Crippen LogP contribution in [0.3, 0.4) is 0 Å². The molecule has 0 fully saturated rings. The molecule has 0 unspecified atom stereocenters. The highest BCUT2D eigenvalue weighted by Crippen LogP contribution is 2.07. The van der Waals surface area contributed by atoms with Gasteiger partial charge in [-0.1, -0.05) is 30.3 Å². The largest absolute Gasteiger partial charge is 0.691 e. The summed E-state index contributed by atoms with van der Waals surface area (Å²) >= 11 is 5.77. The Balaban J connectivity index is 2.23. The molecular formula is C9H8ClN3O.